The molecule has 5 rings (SSSR count). The summed E-state index contributed by atoms with van der Waals surface area (Å²) in [7, 11) is 2.15. The minimum Gasteiger partial charge on any atom is -0.427 e. The average molecular weight is 472 g/mol. The highest BCUT2D eigenvalue weighted by Gasteiger charge is 2.19. The summed E-state index contributed by atoms with van der Waals surface area (Å²) >= 11 is 0. The van der Waals surface area contributed by atoms with E-state index in [9.17, 15) is 4.79 Å². The monoisotopic (exact) mass is 471 g/mol. The molecule has 0 atom stereocenters. The molecule has 1 amide bonds. The summed E-state index contributed by atoms with van der Waals surface area (Å²) < 4.78 is 6.10. The first-order chi connectivity index (χ1) is 17.1. The van der Waals surface area contributed by atoms with Crippen LogP contribution in [0.1, 0.15) is 0 Å². The molecular weight excluding hydrogens is 444 g/mol. The van der Waals surface area contributed by atoms with Gasteiger partial charge in [0.2, 0.25) is 5.91 Å². The Bertz CT molecular complexity index is 1340. The zero-order valence-electron chi connectivity index (χ0n) is 19.4. The van der Waals surface area contributed by atoms with Gasteiger partial charge in [0.25, 0.3) is 11.5 Å². The van der Waals surface area contributed by atoms with Crippen molar-refractivity contribution in [3.63, 3.8) is 0 Å². The third-order valence-electron chi connectivity index (χ3n) is 5.80. The van der Waals surface area contributed by atoms with Crippen molar-refractivity contribution < 1.29 is 14.5 Å². The molecule has 4 aromatic rings. The second-order valence-corrected chi connectivity index (χ2v) is 8.30. The lowest BCUT2D eigenvalue weighted by molar-refractivity contribution is -0.375. The van der Waals surface area contributed by atoms with Crippen molar-refractivity contribution in [2.24, 2.45) is 0 Å². The molecule has 0 unspecified atom stereocenters. The van der Waals surface area contributed by atoms with E-state index in [1.54, 1.807) is 30.6 Å². The zero-order valence-corrected chi connectivity index (χ0v) is 19.4. The van der Waals surface area contributed by atoms with Gasteiger partial charge in [0.1, 0.15) is 5.75 Å². The van der Waals surface area contributed by atoms with E-state index in [0.717, 1.165) is 31.9 Å². The highest BCUT2D eigenvalue weighted by molar-refractivity contribution is 5.98. The fraction of sp³-hybridized carbons (Fsp3) is 0.200. The number of aromatic amines is 2. The molecular formula is C25H27N8O2+. The molecule has 0 radical (unpaired) electrons. The molecule has 1 saturated heterocycles. The maximum atomic E-state index is 11.6. The lowest BCUT2D eigenvalue weighted by Crippen LogP contribution is -2.44. The van der Waals surface area contributed by atoms with Gasteiger partial charge in [0.15, 0.2) is 5.52 Å². The number of nitrogens with zero attached hydrogens (tertiary/aromatic N) is 4. The molecule has 1 fully saturated rings. The van der Waals surface area contributed by atoms with Gasteiger partial charge in [0, 0.05) is 43.6 Å². The molecule has 10 nitrogen and oxygen atoms in total. The highest BCUT2D eigenvalue weighted by atomic mass is 16.5. The van der Waals surface area contributed by atoms with Gasteiger partial charge in [0.05, 0.1) is 12.0 Å². The third kappa shape index (κ3) is 5.22. The van der Waals surface area contributed by atoms with Gasteiger partial charge in [-0.3, -0.25) is 4.79 Å². The molecule has 2 aromatic heterocycles. The van der Waals surface area contributed by atoms with Crippen LogP contribution in [0.4, 0.5) is 23.0 Å². The van der Waals surface area contributed by atoms with Crippen LogP contribution in [-0.4, -0.2) is 59.0 Å². The first-order valence-electron chi connectivity index (χ1n) is 11.4. The summed E-state index contributed by atoms with van der Waals surface area (Å²) in [6.45, 7) is 7.64. The SMILES string of the molecule is C=CC(=O)Nc1cccc(Oc2[nH+]c(Nc3ccc(N4CCN(C)CC4)cc3)nc3nc[nH]c23)c1. The van der Waals surface area contributed by atoms with Gasteiger partial charge in [-0.15, -0.1) is 0 Å². The van der Waals surface area contributed by atoms with E-state index in [0.29, 0.717) is 34.4 Å². The largest absolute Gasteiger partial charge is 0.427 e. The van der Waals surface area contributed by atoms with E-state index in [-0.39, 0.29) is 5.91 Å². The number of hydrogen-bond acceptors (Lipinski definition) is 7. The first-order valence-corrected chi connectivity index (χ1v) is 11.4. The maximum absolute atomic E-state index is 11.6. The van der Waals surface area contributed by atoms with E-state index in [4.69, 9.17) is 4.74 Å². The third-order valence-corrected chi connectivity index (χ3v) is 5.80. The standard InChI is InChI=1S/C25H26N8O2/c1-3-21(34)28-18-5-4-6-20(15-18)35-24-22-23(27-16-26-22)30-25(31-24)29-17-7-9-19(10-8-17)33-13-11-32(2)12-14-33/h3-10,15-16H,1,11-14H2,2H3,(H,28,34)(H2,26,27,29,30,31)/p+1. The van der Waals surface area contributed by atoms with Crippen molar-refractivity contribution >= 4 is 40.1 Å². The lowest BCUT2D eigenvalue weighted by Gasteiger charge is -2.34. The second kappa shape index (κ2) is 9.82. The van der Waals surface area contributed by atoms with Gasteiger partial charge < -0.3 is 24.8 Å². The van der Waals surface area contributed by atoms with E-state index >= 15 is 0 Å². The summed E-state index contributed by atoms with van der Waals surface area (Å²) in [6, 6.07) is 15.4. The quantitative estimate of drug-likeness (QED) is 0.355. The number of piperazine rings is 1. The Kier molecular flexibility index (Phi) is 6.27. The average Bonchev–Trinajstić information content (AvgIpc) is 3.34. The summed E-state index contributed by atoms with van der Waals surface area (Å²) in [5.74, 6) is 1.17. The second-order valence-electron chi connectivity index (χ2n) is 8.30. The van der Waals surface area contributed by atoms with Crippen molar-refractivity contribution in [1.29, 1.82) is 0 Å². The lowest BCUT2D eigenvalue weighted by atomic mass is 10.2. The van der Waals surface area contributed by atoms with E-state index in [1.807, 2.05) is 12.1 Å². The fourth-order valence-corrected chi connectivity index (χ4v) is 3.88. The number of carbonyl (C=O) groups excluding carboxylic acids is 1. The maximum Gasteiger partial charge on any atom is 0.399 e. The Morgan fingerprint density at radius 1 is 1.14 bits per heavy atom. The molecule has 0 aliphatic carbocycles. The van der Waals surface area contributed by atoms with Gasteiger partial charge in [-0.05, 0) is 54.5 Å². The molecule has 0 spiro atoms. The molecule has 3 heterocycles. The van der Waals surface area contributed by atoms with Crippen molar-refractivity contribution in [3.05, 3.63) is 67.5 Å². The molecule has 4 N–H and O–H groups in total. The zero-order chi connectivity index (χ0) is 24.2. The molecule has 2 aromatic carbocycles. The number of likely N-dealkylation sites (N-methyl/N-ethyl adjacent to an activating group) is 1. The Labute approximate surface area is 202 Å². The van der Waals surface area contributed by atoms with Gasteiger partial charge in [-0.2, -0.15) is 0 Å². The molecule has 35 heavy (non-hydrogen) atoms. The number of rotatable bonds is 7. The van der Waals surface area contributed by atoms with Crippen LogP contribution in [0.5, 0.6) is 11.6 Å². The topological polar surface area (TPSA) is 113 Å². The predicted octanol–water partition coefficient (Wildman–Crippen LogP) is 3.18. The Balaban J connectivity index is 1.35. The van der Waals surface area contributed by atoms with E-state index in [1.165, 1.54) is 11.8 Å². The smallest absolute Gasteiger partial charge is 0.399 e. The summed E-state index contributed by atoms with van der Waals surface area (Å²) in [5, 5.41) is 6.03. The molecule has 0 bridgehead atoms. The van der Waals surface area contributed by atoms with Crippen LogP contribution >= 0.6 is 0 Å². The predicted molar refractivity (Wildman–Crippen MR) is 135 cm³/mol. The van der Waals surface area contributed by atoms with Crippen LogP contribution in [0.3, 0.4) is 0 Å². The Morgan fingerprint density at radius 3 is 2.71 bits per heavy atom. The van der Waals surface area contributed by atoms with Crippen LogP contribution in [0, 0.1) is 0 Å². The van der Waals surface area contributed by atoms with Crippen LogP contribution in [0.15, 0.2) is 67.5 Å². The molecule has 0 saturated carbocycles. The number of amides is 1. The van der Waals surface area contributed by atoms with E-state index in [2.05, 4.69) is 66.1 Å². The number of anilines is 4. The van der Waals surface area contributed by atoms with Crippen LogP contribution in [-0.2, 0) is 4.79 Å². The number of carbonyl (C=O) groups is 1. The van der Waals surface area contributed by atoms with Crippen LogP contribution in [0.25, 0.3) is 11.2 Å². The van der Waals surface area contributed by atoms with Gasteiger partial charge in [-0.1, -0.05) is 12.6 Å². The summed E-state index contributed by atoms with van der Waals surface area (Å²) in [5.41, 5.74) is 3.83. The number of nitrogens with one attached hydrogen (secondary N) is 4. The van der Waals surface area contributed by atoms with Crippen LogP contribution in [0.2, 0.25) is 0 Å². The van der Waals surface area contributed by atoms with Gasteiger partial charge in [-0.25, -0.2) is 15.3 Å². The number of H-pyrrole nitrogens is 2. The Hall–Kier alpha value is -4.44. The van der Waals surface area contributed by atoms with Crippen molar-refractivity contribution in [2.75, 3.05) is 48.8 Å². The number of hydrogen-bond donors (Lipinski definition) is 3. The van der Waals surface area contributed by atoms with Crippen molar-refractivity contribution in [3.8, 4) is 11.6 Å². The van der Waals surface area contributed by atoms with Crippen LogP contribution < -0.4 is 25.3 Å². The van der Waals surface area contributed by atoms with Gasteiger partial charge >= 0.3 is 5.95 Å². The normalized spacial score (nSPS) is 14.0. The fourth-order valence-electron chi connectivity index (χ4n) is 3.88. The number of aromatic nitrogens is 4. The minimum atomic E-state index is -0.293. The van der Waals surface area contributed by atoms with E-state index < -0.39 is 0 Å². The minimum absolute atomic E-state index is 0.293. The Morgan fingerprint density at radius 2 is 1.94 bits per heavy atom. The highest BCUT2D eigenvalue weighted by Crippen LogP contribution is 2.27. The summed E-state index contributed by atoms with van der Waals surface area (Å²) in [4.78, 5) is 31.4. The first kappa shape index (κ1) is 22.4. The van der Waals surface area contributed by atoms with Crippen molar-refractivity contribution in [1.82, 2.24) is 19.9 Å². The van der Waals surface area contributed by atoms with Crippen molar-refractivity contribution in [2.45, 2.75) is 0 Å². The number of fused-ring (bicyclic) bond motifs is 1. The number of imidazole rings is 1. The molecule has 1 aliphatic heterocycles. The molecule has 10 heteroatoms. The molecule has 178 valence electrons. The summed E-state index contributed by atoms with van der Waals surface area (Å²) in [6.07, 6.45) is 2.78. The number of ether oxygens (including phenoxy) is 1. The number of benzene rings is 2. The molecule has 1 aliphatic rings.